The number of carbonyl (C=O) groups is 1. The first-order chi connectivity index (χ1) is 16.6. The number of nitrogens with one attached hydrogen (secondary N) is 1. The molecule has 3 atom stereocenters. The van der Waals surface area contributed by atoms with Crippen LogP contribution in [0, 0.1) is 11.8 Å². The number of aryl methyl sites for hydroxylation is 1. The Hall–Kier alpha value is -3.12. The average molecular weight is 457 g/mol. The maximum atomic E-state index is 12.5. The summed E-state index contributed by atoms with van der Waals surface area (Å²) in [7, 11) is 0. The fourth-order valence-corrected chi connectivity index (χ4v) is 5.87. The van der Waals surface area contributed by atoms with Crippen molar-refractivity contribution in [2.75, 3.05) is 42.5 Å². The Kier molecular flexibility index (Phi) is 5.41. The highest BCUT2D eigenvalue weighted by atomic mass is 16.3. The summed E-state index contributed by atoms with van der Waals surface area (Å²) in [5.74, 6) is 0.698. The van der Waals surface area contributed by atoms with E-state index in [1.807, 2.05) is 0 Å². The number of pyridine rings is 1. The van der Waals surface area contributed by atoms with Crippen molar-refractivity contribution in [3.8, 4) is 11.3 Å². The molecule has 2 unspecified atom stereocenters. The van der Waals surface area contributed by atoms with Crippen LogP contribution in [0.1, 0.15) is 25.3 Å². The zero-order valence-electron chi connectivity index (χ0n) is 19.7. The first-order valence-corrected chi connectivity index (χ1v) is 12.6. The Bertz CT molecular complexity index is 1230. The zero-order chi connectivity index (χ0) is 23.2. The van der Waals surface area contributed by atoms with Gasteiger partial charge >= 0.3 is 0 Å². The van der Waals surface area contributed by atoms with E-state index in [0.29, 0.717) is 12.5 Å². The van der Waals surface area contributed by atoms with Crippen molar-refractivity contribution in [3.05, 3.63) is 54.1 Å². The number of amides is 1. The van der Waals surface area contributed by atoms with Gasteiger partial charge in [-0.05, 0) is 55.0 Å². The van der Waals surface area contributed by atoms with E-state index in [2.05, 4.69) is 70.6 Å². The van der Waals surface area contributed by atoms with E-state index in [4.69, 9.17) is 4.98 Å². The summed E-state index contributed by atoms with van der Waals surface area (Å²) in [4.78, 5) is 22.2. The summed E-state index contributed by atoms with van der Waals surface area (Å²) in [6.45, 7) is 6.23. The van der Waals surface area contributed by atoms with Crippen LogP contribution in [0.4, 0.5) is 11.4 Å². The molecule has 34 heavy (non-hydrogen) atoms. The lowest BCUT2D eigenvalue weighted by Gasteiger charge is -2.23. The molecule has 1 amide bonds. The Morgan fingerprint density at radius 1 is 1.03 bits per heavy atom. The second-order valence-corrected chi connectivity index (χ2v) is 10.0. The van der Waals surface area contributed by atoms with Crippen molar-refractivity contribution in [3.63, 3.8) is 0 Å². The molecule has 3 saturated heterocycles. The normalized spacial score (nSPS) is 24.5. The molecule has 4 heterocycles. The number of anilines is 2. The lowest BCUT2D eigenvalue weighted by Crippen LogP contribution is -2.41. The van der Waals surface area contributed by atoms with E-state index >= 15 is 0 Å². The van der Waals surface area contributed by atoms with Gasteiger partial charge in [0.25, 0.3) is 0 Å². The van der Waals surface area contributed by atoms with E-state index in [-0.39, 0.29) is 17.9 Å². The molecule has 3 aliphatic heterocycles. The van der Waals surface area contributed by atoms with E-state index in [1.165, 1.54) is 11.3 Å². The van der Waals surface area contributed by atoms with Crippen LogP contribution in [-0.2, 0) is 11.2 Å². The van der Waals surface area contributed by atoms with Gasteiger partial charge in [0.1, 0.15) is 0 Å². The predicted octanol–water partition coefficient (Wildman–Crippen LogP) is 3.61. The van der Waals surface area contributed by atoms with Crippen molar-refractivity contribution >= 4 is 28.2 Å². The monoisotopic (exact) mass is 456 g/mol. The molecule has 176 valence electrons. The van der Waals surface area contributed by atoms with E-state index < -0.39 is 0 Å². The minimum absolute atomic E-state index is 0.0745. The van der Waals surface area contributed by atoms with Gasteiger partial charge in [-0.15, -0.1) is 0 Å². The van der Waals surface area contributed by atoms with Crippen LogP contribution in [0.15, 0.2) is 48.5 Å². The second-order valence-electron chi connectivity index (χ2n) is 10.0. The van der Waals surface area contributed by atoms with Crippen molar-refractivity contribution in [1.29, 1.82) is 0 Å². The molecule has 1 aromatic heterocycles. The van der Waals surface area contributed by atoms with Crippen LogP contribution in [-0.4, -0.2) is 54.8 Å². The summed E-state index contributed by atoms with van der Waals surface area (Å²) in [5, 5.41) is 14.1. The number of hydrogen-bond donors (Lipinski definition) is 2. The van der Waals surface area contributed by atoms with Gasteiger partial charge in [-0.1, -0.05) is 31.2 Å². The number of aromatic nitrogens is 1. The van der Waals surface area contributed by atoms with Crippen LogP contribution in [0.3, 0.4) is 0 Å². The fourth-order valence-electron chi connectivity index (χ4n) is 5.87. The minimum atomic E-state index is -0.233. The lowest BCUT2D eigenvalue weighted by molar-refractivity contribution is -0.127. The fraction of sp³-hybridized carbons (Fsp3) is 0.429. The summed E-state index contributed by atoms with van der Waals surface area (Å²) in [6.07, 6.45) is 2.62. The average Bonchev–Trinajstić information content (AvgIpc) is 3.50. The largest absolute Gasteiger partial charge is 0.391 e. The Morgan fingerprint density at radius 2 is 1.88 bits per heavy atom. The quantitative estimate of drug-likeness (QED) is 0.628. The Labute approximate surface area is 200 Å². The van der Waals surface area contributed by atoms with Gasteiger partial charge in [0.2, 0.25) is 5.91 Å². The summed E-state index contributed by atoms with van der Waals surface area (Å²) >= 11 is 0. The number of aliphatic hydroxyl groups excluding tert-OH is 1. The van der Waals surface area contributed by atoms with Gasteiger partial charge in [-0.2, -0.15) is 0 Å². The first kappa shape index (κ1) is 21.4. The van der Waals surface area contributed by atoms with Crippen LogP contribution in [0.5, 0.6) is 0 Å². The van der Waals surface area contributed by atoms with Gasteiger partial charge in [-0.3, -0.25) is 4.79 Å². The van der Waals surface area contributed by atoms with Crippen molar-refractivity contribution in [2.45, 2.75) is 32.3 Å². The maximum absolute atomic E-state index is 12.5. The minimum Gasteiger partial charge on any atom is -0.391 e. The van der Waals surface area contributed by atoms with Crippen LogP contribution in [0.2, 0.25) is 0 Å². The molecule has 6 rings (SSSR count). The highest BCUT2D eigenvalue weighted by Gasteiger charge is 2.40. The molecule has 0 saturated carbocycles. The molecule has 3 aromatic rings. The maximum Gasteiger partial charge on any atom is 0.225 e. The van der Waals surface area contributed by atoms with E-state index in [9.17, 15) is 9.90 Å². The molecule has 0 radical (unpaired) electrons. The number of hydrogen-bond acceptors (Lipinski definition) is 5. The number of benzene rings is 2. The van der Waals surface area contributed by atoms with Crippen LogP contribution < -0.4 is 15.1 Å². The number of fused-ring (bicyclic) bond motifs is 2. The van der Waals surface area contributed by atoms with Gasteiger partial charge in [-0.25, -0.2) is 4.98 Å². The number of rotatable bonds is 4. The molecule has 3 fully saturated rings. The van der Waals surface area contributed by atoms with Crippen molar-refractivity contribution in [2.24, 2.45) is 11.8 Å². The highest BCUT2D eigenvalue weighted by molar-refractivity contribution is 5.95. The Balaban J connectivity index is 1.38. The predicted molar refractivity (Wildman–Crippen MR) is 136 cm³/mol. The van der Waals surface area contributed by atoms with E-state index in [0.717, 1.165) is 73.3 Å². The van der Waals surface area contributed by atoms with Crippen LogP contribution in [0.25, 0.3) is 22.2 Å². The highest BCUT2D eigenvalue weighted by Crippen LogP contribution is 2.38. The number of nitrogens with zero attached hydrogens (tertiary/aromatic N) is 3. The third-order valence-corrected chi connectivity index (χ3v) is 7.89. The second kappa shape index (κ2) is 8.58. The molecular formula is C28H32N4O2. The number of β-amino-alcohol motifs (C(OH)–C–C–N with tert-alkyl or cyclic N) is 1. The van der Waals surface area contributed by atoms with Crippen LogP contribution >= 0.6 is 0 Å². The summed E-state index contributed by atoms with van der Waals surface area (Å²) in [5.41, 5.74) is 6.66. The van der Waals surface area contributed by atoms with Crippen molar-refractivity contribution < 1.29 is 9.90 Å². The summed E-state index contributed by atoms with van der Waals surface area (Å²) in [6, 6.07) is 17.4. The SMILES string of the molecule is CCc1ccc2c(N3CC4CCNC(=O)C4C3)cc(-c3ccc(N4CC[C@H](O)C4)cc3)nc2c1. The number of aliphatic hydroxyl groups is 1. The topological polar surface area (TPSA) is 68.7 Å². The van der Waals surface area contributed by atoms with Gasteiger partial charge in [0, 0.05) is 55.0 Å². The Morgan fingerprint density at radius 3 is 2.62 bits per heavy atom. The van der Waals surface area contributed by atoms with Crippen molar-refractivity contribution in [1.82, 2.24) is 10.3 Å². The van der Waals surface area contributed by atoms with Gasteiger partial charge < -0.3 is 20.2 Å². The molecule has 6 nitrogen and oxygen atoms in total. The number of carbonyl (C=O) groups excluding carboxylic acids is 1. The molecule has 0 aliphatic carbocycles. The summed E-state index contributed by atoms with van der Waals surface area (Å²) < 4.78 is 0. The first-order valence-electron chi connectivity index (χ1n) is 12.6. The third-order valence-electron chi connectivity index (χ3n) is 7.89. The molecule has 6 heteroatoms. The smallest absolute Gasteiger partial charge is 0.225 e. The standard InChI is InChI=1S/C28H32N4O2/c1-2-18-3-8-23-26(13-18)30-25(19-4-6-21(7-5-19)31-12-10-22(33)16-31)14-27(23)32-15-20-9-11-29-28(34)24(20)17-32/h3-8,13-14,20,22,24,33H,2,9-12,15-17H2,1H3,(H,29,34)/t20?,22-,24?/m0/s1. The molecule has 2 aromatic carbocycles. The molecule has 2 N–H and O–H groups in total. The molecule has 0 bridgehead atoms. The molecule has 3 aliphatic rings. The molecule has 0 spiro atoms. The number of piperidine rings is 1. The third kappa shape index (κ3) is 3.80. The zero-order valence-corrected chi connectivity index (χ0v) is 19.7. The molecular weight excluding hydrogens is 424 g/mol. The van der Waals surface area contributed by atoms with Gasteiger partial charge in [0.05, 0.1) is 23.2 Å². The van der Waals surface area contributed by atoms with E-state index in [1.54, 1.807) is 0 Å². The van der Waals surface area contributed by atoms with Gasteiger partial charge in [0.15, 0.2) is 0 Å². The lowest BCUT2D eigenvalue weighted by atomic mass is 9.89.